The molecule has 1 aliphatic rings. The van der Waals surface area contributed by atoms with E-state index in [1.54, 1.807) is 14.0 Å². The lowest BCUT2D eigenvalue weighted by Crippen LogP contribution is -2.45. The number of esters is 1. The molecule has 0 aromatic rings. The highest BCUT2D eigenvalue weighted by molar-refractivity contribution is 5.76. The minimum absolute atomic E-state index is 0.336. The Morgan fingerprint density at radius 3 is 2.69 bits per heavy atom. The molecule has 1 heterocycles. The van der Waals surface area contributed by atoms with Gasteiger partial charge in [0.1, 0.15) is 0 Å². The predicted octanol–water partition coefficient (Wildman–Crippen LogP) is -0.490. The summed E-state index contributed by atoms with van der Waals surface area (Å²) in [5.74, 6) is -0.336. The maximum absolute atomic E-state index is 11.3. The van der Waals surface area contributed by atoms with E-state index in [4.69, 9.17) is 14.2 Å². The molecule has 0 aliphatic carbocycles. The van der Waals surface area contributed by atoms with E-state index >= 15 is 0 Å². The zero-order valence-corrected chi connectivity index (χ0v) is 7.91. The SMILES string of the molecule is CCOC(=O)[C@H](NC)C1OCCO1. The number of hydrogen-bond acceptors (Lipinski definition) is 5. The molecule has 0 aromatic heterocycles. The number of ether oxygens (including phenoxy) is 3. The fourth-order valence-electron chi connectivity index (χ4n) is 1.17. The normalized spacial score (nSPS) is 20.2. The summed E-state index contributed by atoms with van der Waals surface area (Å²) in [4.78, 5) is 11.3. The summed E-state index contributed by atoms with van der Waals surface area (Å²) < 4.78 is 15.2. The summed E-state index contributed by atoms with van der Waals surface area (Å²) in [6.45, 7) is 3.19. The van der Waals surface area contributed by atoms with Crippen molar-refractivity contribution in [1.29, 1.82) is 0 Å². The second-order valence-corrected chi connectivity index (χ2v) is 2.63. The van der Waals surface area contributed by atoms with E-state index in [1.807, 2.05) is 0 Å². The molecule has 0 bridgehead atoms. The molecule has 0 aromatic carbocycles. The van der Waals surface area contributed by atoms with Crippen molar-refractivity contribution in [3.8, 4) is 0 Å². The summed E-state index contributed by atoms with van der Waals surface area (Å²) in [7, 11) is 1.67. The highest BCUT2D eigenvalue weighted by Gasteiger charge is 2.32. The van der Waals surface area contributed by atoms with Gasteiger partial charge in [-0.25, -0.2) is 0 Å². The Balaban J connectivity index is 2.44. The smallest absolute Gasteiger partial charge is 0.328 e. The molecule has 1 rings (SSSR count). The van der Waals surface area contributed by atoms with Crippen LogP contribution in [0.1, 0.15) is 6.92 Å². The van der Waals surface area contributed by atoms with Gasteiger partial charge in [0.2, 0.25) is 0 Å². The summed E-state index contributed by atoms with van der Waals surface area (Å²) in [5.41, 5.74) is 0. The topological polar surface area (TPSA) is 56.8 Å². The van der Waals surface area contributed by atoms with Gasteiger partial charge in [-0.05, 0) is 14.0 Å². The molecule has 1 atom stereocenters. The van der Waals surface area contributed by atoms with E-state index < -0.39 is 12.3 Å². The number of nitrogens with one attached hydrogen (secondary N) is 1. The predicted molar refractivity (Wildman–Crippen MR) is 45.2 cm³/mol. The van der Waals surface area contributed by atoms with E-state index in [1.165, 1.54) is 0 Å². The van der Waals surface area contributed by atoms with Crippen LogP contribution in [-0.2, 0) is 19.0 Å². The first-order valence-corrected chi connectivity index (χ1v) is 4.36. The van der Waals surface area contributed by atoms with Crippen molar-refractivity contribution in [2.75, 3.05) is 26.9 Å². The van der Waals surface area contributed by atoms with Gasteiger partial charge in [-0.3, -0.25) is 4.79 Å². The van der Waals surface area contributed by atoms with Crippen LogP contribution in [0, 0.1) is 0 Å². The summed E-state index contributed by atoms with van der Waals surface area (Å²) in [6.07, 6.45) is -0.510. The molecule has 0 spiro atoms. The Morgan fingerprint density at radius 2 is 2.23 bits per heavy atom. The molecule has 13 heavy (non-hydrogen) atoms. The van der Waals surface area contributed by atoms with Crippen molar-refractivity contribution >= 4 is 5.97 Å². The van der Waals surface area contributed by atoms with Crippen LogP contribution in [0.15, 0.2) is 0 Å². The van der Waals surface area contributed by atoms with Crippen molar-refractivity contribution in [3.63, 3.8) is 0 Å². The van der Waals surface area contributed by atoms with Gasteiger partial charge in [-0.2, -0.15) is 0 Å². The quantitative estimate of drug-likeness (QED) is 0.605. The third-order valence-electron chi connectivity index (χ3n) is 1.77. The molecule has 5 heteroatoms. The first kappa shape index (κ1) is 10.4. The van der Waals surface area contributed by atoms with Gasteiger partial charge in [0.05, 0.1) is 19.8 Å². The number of carbonyl (C=O) groups excluding carboxylic acids is 1. The van der Waals surface area contributed by atoms with E-state index in [0.29, 0.717) is 19.8 Å². The lowest BCUT2D eigenvalue weighted by Gasteiger charge is -2.19. The third-order valence-corrected chi connectivity index (χ3v) is 1.77. The third kappa shape index (κ3) is 2.65. The number of likely N-dealkylation sites (N-methyl/N-ethyl adjacent to an activating group) is 1. The molecule has 5 nitrogen and oxygen atoms in total. The Labute approximate surface area is 77.3 Å². The maximum atomic E-state index is 11.3. The van der Waals surface area contributed by atoms with E-state index in [2.05, 4.69) is 5.32 Å². The van der Waals surface area contributed by atoms with Crippen molar-refractivity contribution < 1.29 is 19.0 Å². The molecule has 1 saturated heterocycles. The monoisotopic (exact) mass is 189 g/mol. The lowest BCUT2D eigenvalue weighted by molar-refractivity contribution is -0.157. The Morgan fingerprint density at radius 1 is 1.62 bits per heavy atom. The lowest BCUT2D eigenvalue weighted by atomic mass is 10.3. The van der Waals surface area contributed by atoms with Gasteiger partial charge in [0.15, 0.2) is 12.3 Å². The molecule has 0 radical (unpaired) electrons. The Hall–Kier alpha value is -0.650. The molecule has 76 valence electrons. The fraction of sp³-hybridized carbons (Fsp3) is 0.875. The zero-order chi connectivity index (χ0) is 9.68. The van der Waals surface area contributed by atoms with Crippen molar-refractivity contribution in [3.05, 3.63) is 0 Å². The average molecular weight is 189 g/mol. The van der Waals surface area contributed by atoms with Crippen LogP contribution in [0.2, 0.25) is 0 Å². The van der Waals surface area contributed by atoms with Crippen LogP contribution < -0.4 is 5.32 Å². The summed E-state index contributed by atoms with van der Waals surface area (Å²) >= 11 is 0. The molecule has 0 unspecified atom stereocenters. The fourth-order valence-corrected chi connectivity index (χ4v) is 1.17. The van der Waals surface area contributed by atoms with E-state index in [-0.39, 0.29) is 5.97 Å². The van der Waals surface area contributed by atoms with Crippen molar-refractivity contribution in [1.82, 2.24) is 5.32 Å². The number of hydrogen-bond donors (Lipinski definition) is 1. The minimum atomic E-state index is -0.526. The van der Waals surface area contributed by atoms with Crippen LogP contribution >= 0.6 is 0 Å². The molecule has 1 aliphatic heterocycles. The second kappa shape index (κ2) is 5.16. The Kier molecular flexibility index (Phi) is 4.14. The highest BCUT2D eigenvalue weighted by Crippen LogP contribution is 2.09. The molecular formula is C8H15NO4. The molecule has 1 N–H and O–H groups in total. The minimum Gasteiger partial charge on any atom is -0.465 e. The largest absolute Gasteiger partial charge is 0.465 e. The van der Waals surface area contributed by atoms with Gasteiger partial charge in [-0.1, -0.05) is 0 Å². The van der Waals surface area contributed by atoms with Crippen LogP contribution in [0.4, 0.5) is 0 Å². The van der Waals surface area contributed by atoms with Crippen LogP contribution in [0.5, 0.6) is 0 Å². The molecule has 1 fully saturated rings. The van der Waals surface area contributed by atoms with Crippen LogP contribution in [0.3, 0.4) is 0 Å². The summed E-state index contributed by atoms with van der Waals surface area (Å²) in [6, 6.07) is -0.526. The van der Waals surface area contributed by atoms with Gasteiger partial charge in [0.25, 0.3) is 0 Å². The number of rotatable bonds is 4. The van der Waals surface area contributed by atoms with Gasteiger partial charge >= 0.3 is 5.97 Å². The average Bonchev–Trinajstić information content (AvgIpc) is 2.59. The number of carbonyl (C=O) groups is 1. The Bertz CT molecular complexity index is 168. The molecular weight excluding hydrogens is 174 g/mol. The first-order chi connectivity index (χ1) is 6.29. The second-order valence-electron chi connectivity index (χ2n) is 2.63. The molecule has 0 amide bonds. The summed E-state index contributed by atoms with van der Waals surface area (Å²) in [5, 5.41) is 2.80. The van der Waals surface area contributed by atoms with E-state index in [9.17, 15) is 4.79 Å². The van der Waals surface area contributed by atoms with Gasteiger partial charge in [0, 0.05) is 0 Å². The van der Waals surface area contributed by atoms with Crippen molar-refractivity contribution in [2.24, 2.45) is 0 Å². The maximum Gasteiger partial charge on any atom is 0.328 e. The van der Waals surface area contributed by atoms with Gasteiger partial charge < -0.3 is 19.5 Å². The standard InChI is InChI=1S/C8H15NO4/c1-3-11-7(10)6(9-2)8-12-4-5-13-8/h6,8-9H,3-5H2,1-2H3/t6-/m0/s1. The van der Waals surface area contributed by atoms with Crippen LogP contribution in [0.25, 0.3) is 0 Å². The first-order valence-electron chi connectivity index (χ1n) is 4.36. The van der Waals surface area contributed by atoms with Crippen molar-refractivity contribution in [2.45, 2.75) is 19.3 Å². The van der Waals surface area contributed by atoms with Crippen LogP contribution in [-0.4, -0.2) is 45.2 Å². The highest BCUT2D eigenvalue weighted by atomic mass is 16.7. The molecule has 0 saturated carbocycles. The zero-order valence-electron chi connectivity index (χ0n) is 7.91. The van der Waals surface area contributed by atoms with E-state index in [0.717, 1.165) is 0 Å². The van der Waals surface area contributed by atoms with Gasteiger partial charge in [-0.15, -0.1) is 0 Å².